The van der Waals surface area contributed by atoms with Crippen LogP contribution in [0.4, 0.5) is 0 Å². The molecule has 4 heteroatoms. The topological polar surface area (TPSA) is 66.4 Å². The molecule has 0 unspecified atom stereocenters. The number of carbonyl (C=O) groups is 2. The summed E-state index contributed by atoms with van der Waals surface area (Å²) in [6, 6.07) is 0. The number of aliphatic hydroxyl groups excluding tert-OH is 1. The van der Waals surface area contributed by atoms with Crippen LogP contribution in [0.5, 0.6) is 0 Å². The third-order valence-electron chi connectivity index (χ3n) is 1.54. The summed E-state index contributed by atoms with van der Waals surface area (Å²) >= 11 is 0. The average Bonchev–Trinajstić information content (AvgIpc) is 2.30. The number of hydrogen-bond donors (Lipinski definition) is 2. The molecule has 1 aliphatic heterocycles. The van der Waals surface area contributed by atoms with Crippen molar-refractivity contribution in [2.24, 2.45) is 0 Å². The summed E-state index contributed by atoms with van der Waals surface area (Å²) in [7, 11) is 0. The lowest BCUT2D eigenvalue weighted by Crippen LogP contribution is -2.15. The quantitative estimate of drug-likeness (QED) is 0.316. The maximum atomic E-state index is 10.9. The smallest absolute Gasteiger partial charge is 0.258 e. The normalized spacial score (nSPS) is 21.9. The van der Waals surface area contributed by atoms with Gasteiger partial charge in [0.15, 0.2) is 5.78 Å². The van der Waals surface area contributed by atoms with E-state index in [0.717, 1.165) is 0 Å². The van der Waals surface area contributed by atoms with Crippen LogP contribution in [0.1, 0.15) is 13.3 Å². The zero-order valence-corrected chi connectivity index (χ0v) is 6.18. The van der Waals surface area contributed by atoms with Gasteiger partial charge >= 0.3 is 0 Å². The van der Waals surface area contributed by atoms with Crippen LogP contribution in [0, 0.1) is 0 Å². The molecule has 1 saturated heterocycles. The molecular formula is C7H9NO3. The van der Waals surface area contributed by atoms with Crippen LogP contribution in [0.15, 0.2) is 11.3 Å². The Kier molecular flexibility index (Phi) is 1.94. The first-order chi connectivity index (χ1) is 5.16. The Morgan fingerprint density at radius 3 is 2.64 bits per heavy atom. The van der Waals surface area contributed by atoms with Gasteiger partial charge in [-0.3, -0.25) is 9.59 Å². The van der Waals surface area contributed by atoms with Crippen molar-refractivity contribution in [2.75, 3.05) is 6.54 Å². The minimum atomic E-state index is -0.464. The monoisotopic (exact) mass is 155 g/mol. The molecule has 0 bridgehead atoms. The van der Waals surface area contributed by atoms with Crippen molar-refractivity contribution in [1.82, 2.24) is 5.32 Å². The molecule has 0 radical (unpaired) electrons. The van der Waals surface area contributed by atoms with Gasteiger partial charge in [-0.2, -0.15) is 0 Å². The molecular weight excluding hydrogens is 146 g/mol. The van der Waals surface area contributed by atoms with E-state index in [1.807, 2.05) is 0 Å². The summed E-state index contributed by atoms with van der Waals surface area (Å²) in [4.78, 5) is 21.7. The molecule has 1 fully saturated rings. The molecule has 1 aliphatic rings. The van der Waals surface area contributed by atoms with Gasteiger partial charge in [0.2, 0.25) is 0 Å². The molecule has 0 atom stereocenters. The molecule has 60 valence electrons. The van der Waals surface area contributed by atoms with E-state index in [0.29, 0.717) is 6.42 Å². The molecule has 0 aromatic rings. The molecule has 11 heavy (non-hydrogen) atoms. The number of nitrogens with one attached hydrogen (secondary N) is 1. The van der Waals surface area contributed by atoms with E-state index in [-0.39, 0.29) is 23.7 Å². The summed E-state index contributed by atoms with van der Waals surface area (Å²) in [5.41, 5.74) is -0.0764. The summed E-state index contributed by atoms with van der Waals surface area (Å²) in [6.07, 6.45) is 0.314. The molecule has 2 N–H and O–H groups in total. The summed E-state index contributed by atoms with van der Waals surface area (Å²) < 4.78 is 0. The van der Waals surface area contributed by atoms with Crippen molar-refractivity contribution in [3.05, 3.63) is 11.3 Å². The fourth-order valence-electron chi connectivity index (χ4n) is 0.933. The average molecular weight is 155 g/mol. The highest BCUT2D eigenvalue weighted by molar-refractivity contribution is 6.25. The third-order valence-corrected chi connectivity index (χ3v) is 1.54. The van der Waals surface area contributed by atoms with E-state index in [9.17, 15) is 9.59 Å². The molecule has 4 nitrogen and oxygen atoms in total. The number of Topliss-reactive ketones (excluding diaryl/α,β-unsaturated/α-hetero) is 1. The number of ketones is 1. The number of allylic oxidation sites excluding steroid dienone is 1. The Bertz CT molecular complexity index is 224. The first kappa shape index (κ1) is 7.78. The Labute approximate surface area is 63.9 Å². The summed E-state index contributed by atoms with van der Waals surface area (Å²) in [5, 5.41) is 11.4. The van der Waals surface area contributed by atoms with Crippen molar-refractivity contribution >= 4 is 11.7 Å². The van der Waals surface area contributed by atoms with Crippen LogP contribution >= 0.6 is 0 Å². The van der Waals surface area contributed by atoms with Gasteiger partial charge in [-0.15, -0.1) is 0 Å². The van der Waals surface area contributed by atoms with E-state index in [1.54, 1.807) is 6.92 Å². The second kappa shape index (κ2) is 2.74. The predicted octanol–water partition coefficient (Wildman–Crippen LogP) is -0.0926. The van der Waals surface area contributed by atoms with Crippen LogP contribution in [-0.4, -0.2) is 23.3 Å². The highest BCUT2D eigenvalue weighted by atomic mass is 16.3. The second-order valence-corrected chi connectivity index (χ2v) is 2.28. The van der Waals surface area contributed by atoms with Gasteiger partial charge in [-0.05, 0) is 0 Å². The van der Waals surface area contributed by atoms with E-state index < -0.39 is 5.91 Å². The van der Waals surface area contributed by atoms with Gasteiger partial charge in [-0.25, -0.2) is 0 Å². The van der Waals surface area contributed by atoms with Gasteiger partial charge in [-0.1, -0.05) is 6.92 Å². The van der Waals surface area contributed by atoms with Crippen LogP contribution < -0.4 is 5.32 Å². The first-order valence-corrected chi connectivity index (χ1v) is 3.40. The molecule has 0 spiro atoms. The van der Waals surface area contributed by atoms with E-state index in [2.05, 4.69) is 5.32 Å². The lowest BCUT2D eigenvalue weighted by Gasteiger charge is -1.95. The molecule has 0 aromatic carbocycles. The fraction of sp³-hybridized carbons (Fsp3) is 0.429. The van der Waals surface area contributed by atoms with Crippen molar-refractivity contribution in [3.8, 4) is 0 Å². The van der Waals surface area contributed by atoms with E-state index in [4.69, 9.17) is 5.11 Å². The highest BCUT2D eigenvalue weighted by Gasteiger charge is 2.28. The zero-order valence-electron chi connectivity index (χ0n) is 6.18. The lowest BCUT2D eigenvalue weighted by atomic mass is 10.1. The van der Waals surface area contributed by atoms with Gasteiger partial charge in [0.05, 0.1) is 6.54 Å². The van der Waals surface area contributed by atoms with Crippen molar-refractivity contribution in [2.45, 2.75) is 13.3 Å². The van der Waals surface area contributed by atoms with Crippen molar-refractivity contribution in [1.29, 1.82) is 0 Å². The fourth-order valence-corrected chi connectivity index (χ4v) is 0.933. The Morgan fingerprint density at radius 1 is 1.64 bits per heavy atom. The minimum absolute atomic E-state index is 0.0121. The molecule has 1 amide bonds. The maximum Gasteiger partial charge on any atom is 0.258 e. The molecule has 0 aromatic heterocycles. The van der Waals surface area contributed by atoms with Crippen LogP contribution in [-0.2, 0) is 9.59 Å². The first-order valence-electron chi connectivity index (χ1n) is 3.40. The predicted molar refractivity (Wildman–Crippen MR) is 38.0 cm³/mol. The number of carbonyl (C=O) groups excluding carboxylic acids is 2. The highest BCUT2D eigenvalue weighted by Crippen LogP contribution is 2.10. The number of rotatable bonds is 1. The zero-order chi connectivity index (χ0) is 8.43. The number of aliphatic hydroxyl groups is 1. The molecule has 1 rings (SSSR count). The van der Waals surface area contributed by atoms with E-state index in [1.165, 1.54) is 0 Å². The van der Waals surface area contributed by atoms with Gasteiger partial charge < -0.3 is 10.4 Å². The second-order valence-electron chi connectivity index (χ2n) is 2.28. The van der Waals surface area contributed by atoms with Gasteiger partial charge in [0, 0.05) is 6.42 Å². The Morgan fingerprint density at radius 2 is 2.27 bits per heavy atom. The van der Waals surface area contributed by atoms with Gasteiger partial charge in [0.1, 0.15) is 11.3 Å². The van der Waals surface area contributed by atoms with Crippen molar-refractivity contribution < 1.29 is 14.7 Å². The Hall–Kier alpha value is -1.32. The molecule has 0 aliphatic carbocycles. The van der Waals surface area contributed by atoms with Crippen LogP contribution in [0.3, 0.4) is 0 Å². The third kappa shape index (κ3) is 1.24. The molecule has 0 saturated carbocycles. The maximum absolute atomic E-state index is 10.9. The SMILES string of the molecule is CCC(O)=C1C(=O)CNC1=O. The van der Waals surface area contributed by atoms with Crippen LogP contribution in [0.25, 0.3) is 0 Å². The largest absolute Gasteiger partial charge is 0.511 e. The standard InChI is InChI=1S/C7H9NO3/c1-2-4(9)6-5(10)3-8-7(6)11/h9H,2-3H2,1H3,(H,8,11). The van der Waals surface area contributed by atoms with Crippen molar-refractivity contribution in [3.63, 3.8) is 0 Å². The van der Waals surface area contributed by atoms with E-state index >= 15 is 0 Å². The minimum Gasteiger partial charge on any atom is -0.511 e. The summed E-state index contributed by atoms with van der Waals surface area (Å²) in [6.45, 7) is 1.69. The Balaban J connectivity index is 3.01. The number of amides is 1. The van der Waals surface area contributed by atoms with Gasteiger partial charge in [0.25, 0.3) is 5.91 Å². The number of hydrogen-bond acceptors (Lipinski definition) is 3. The lowest BCUT2D eigenvalue weighted by molar-refractivity contribution is -0.117. The van der Waals surface area contributed by atoms with Crippen LogP contribution in [0.2, 0.25) is 0 Å². The molecule has 1 heterocycles. The summed E-state index contributed by atoms with van der Waals surface area (Å²) in [5.74, 6) is -0.909.